The molecule has 0 atom stereocenters. The average Bonchev–Trinajstić information content (AvgIpc) is 2.04. The molecule has 0 aromatic heterocycles. The van der Waals surface area contributed by atoms with Crippen LogP contribution in [0.25, 0.3) is 0 Å². The third-order valence-electron chi connectivity index (χ3n) is 1.58. The number of carbonyl (C=O) groups is 1. The summed E-state index contributed by atoms with van der Waals surface area (Å²) < 4.78 is 0. The van der Waals surface area contributed by atoms with E-state index < -0.39 is 10.7 Å². The maximum absolute atomic E-state index is 10.9. The Hall–Kier alpha value is -1.04. The van der Waals surface area contributed by atoms with E-state index >= 15 is 0 Å². The predicted octanol–water partition coefficient (Wildman–Crippen LogP) is 0.748. The Bertz CT molecular complexity index is 251. The summed E-state index contributed by atoms with van der Waals surface area (Å²) >= 11 is 1.33. The van der Waals surface area contributed by atoms with Crippen molar-refractivity contribution in [1.29, 1.82) is 0 Å². The lowest BCUT2D eigenvalue weighted by Gasteiger charge is -2.14. The molecule has 0 bridgehead atoms. The highest BCUT2D eigenvalue weighted by atomic mass is 32.2. The van der Waals surface area contributed by atoms with Gasteiger partial charge in [0.25, 0.3) is 0 Å². The Morgan fingerprint density at radius 1 is 1.69 bits per heavy atom. The van der Waals surface area contributed by atoms with Crippen molar-refractivity contribution in [3.63, 3.8) is 0 Å². The molecule has 0 saturated carbocycles. The molecule has 0 aliphatic carbocycles. The van der Waals surface area contributed by atoms with Gasteiger partial charge in [-0.25, -0.2) is 0 Å². The van der Waals surface area contributed by atoms with Crippen LogP contribution in [0.1, 0.15) is 13.3 Å². The number of carbonyl (C=O) groups excluding carboxylic acids is 1. The van der Waals surface area contributed by atoms with E-state index in [-0.39, 0.29) is 5.70 Å². The first-order chi connectivity index (χ1) is 6.13. The summed E-state index contributed by atoms with van der Waals surface area (Å²) in [6, 6.07) is 0. The molecule has 0 amide bonds. The van der Waals surface area contributed by atoms with Gasteiger partial charge in [-0.1, -0.05) is 0 Å². The molecular formula is C7H10N2O3S. The zero-order valence-corrected chi connectivity index (χ0v) is 8.02. The number of nitrogens with zero attached hydrogens (tertiary/aromatic N) is 1. The van der Waals surface area contributed by atoms with Crippen LogP contribution in [0.15, 0.2) is 10.7 Å². The molecule has 0 radical (unpaired) electrons. The van der Waals surface area contributed by atoms with Crippen LogP contribution in [0.2, 0.25) is 0 Å². The summed E-state index contributed by atoms with van der Waals surface area (Å²) in [5.74, 6) is 0.328. The van der Waals surface area contributed by atoms with Crippen molar-refractivity contribution in [2.75, 3.05) is 12.3 Å². The summed E-state index contributed by atoms with van der Waals surface area (Å²) in [5, 5.41) is 13.8. The van der Waals surface area contributed by atoms with Crippen LogP contribution in [0.5, 0.6) is 0 Å². The Kier molecular flexibility index (Phi) is 3.30. The van der Waals surface area contributed by atoms with Gasteiger partial charge in [-0.3, -0.25) is 14.9 Å². The zero-order valence-electron chi connectivity index (χ0n) is 7.20. The van der Waals surface area contributed by atoms with Crippen molar-refractivity contribution in [3.05, 3.63) is 20.8 Å². The minimum atomic E-state index is -0.622. The van der Waals surface area contributed by atoms with Crippen molar-refractivity contribution < 1.29 is 9.72 Å². The molecular weight excluding hydrogens is 192 g/mol. The second-order valence-corrected chi connectivity index (χ2v) is 3.72. The number of allylic oxidation sites excluding steroid dienone is 1. The summed E-state index contributed by atoms with van der Waals surface area (Å²) in [5.41, 5.74) is -0.315. The summed E-state index contributed by atoms with van der Waals surface area (Å²) in [6.45, 7) is 1.91. The van der Waals surface area contributed by atoms with Crippen molar-refractivity contribution in [2.45, 2.75) is 13.3 Å². The van der Waals surface area contributed by atoms with Crippen LogP contribution in [0.3, 0.4) is 0 Å². The minimum absolute atomic E-state index is 0.315. The van der Waals surface area contributed by atoms with Gasteiger partial charge in [-0.2, -0.15) is 0 Å². The van der Waals surface area contributed by atoms with Crippen LogP contribution in [0.4, 0.5) is 0 Å². The lowest BCUT2D eigenvalue weighted by atomic mass is 10.3. The number of hydrogen-bond acceptors (Lipinski definition) is 5. The topological polar surface area (TPSA) is 72.2 Å². The van der Waals surface area contributed by atoms with Crippen molar-refractivity contribution >= 4 is 17.5 Å². The van der Waals surface area contributed by atoms with Gasteiger partial charge in [-0.05, 0) is 6.42 Å². The molecule has 1 aliphatic heterocycles. The second kappa shape index (κ2) is 4.27. The van der Waals surface area contributed by atoms with Gasteiger partial charge in [0, 0.05) is 19.2 Å². The molecule has 13 heavy (non-hydrogen) atoms. The maximum Gasteiger partial charge on any atom is 0.341 e. The lowest BCUT2D eigenvalue weighted by molar-refractivity contribution is -0.419. The lowest BCUT2D eigenvalue weighted by Crippen LogP contribution is -2.24. The fourth-order valence-corrected chi connectivity index (χ4v) is 2.07. The Morgan fingerprint density at radius 3 is 2.77 bits per heavy atom. The normalized spacial score (nSPS) is 20.4. The number of thioether (sulfide) groups is 1. The predicted molar refractivity (Wildman–Crippen MR) is 49.8 cm³/mol. The molecule has 0 aromatic carbocycles. The smallest absolute Gasteiger partial charge is 0.341 e. The maximum atomic E-state index is 10.9. The highest BCUT2D eigenvalue weighted by Crippen LogP contribution is 2.22. The first-order valence-corrected chi connectivity index (χ1v) is 4.87. The molecule has 1 aliphatic rings. The molecule has 1 rings (SSSR count). The van der Waals surface area contributed by atoms with Gasteiger partial charge in [0.05, 0.1) is 4.92 Å². The van der Waals surface area contributed by atoms with E-state index in [1.54, 1.807) is 0 Å². The largest absolute Gasteiger partial charge is 0.374 e. The van der Waals surface area contributed by atoms with Gasteiger partial charge in [0.2, 0.25) is 5.78 Å². The van der Waals surface area contributed by atoms with E-state index in [4.69, 9.17) is 0 Å². The average molecular weight is 202 g/mol. The quantitative estimate of drug-likeness (QED) is 0.406. The number of hydrogen-bond donors (Lipinski definition) is 1. The first-order valence-electron chi connectivity index (χ1n) is 3.89. The van der Waals surface area contributed by atoms with E-state index in [2.05, 4.69) is 5.32 Å². The van der Waals surface area contributed by atoms with Crippen LogP contribution in [0, 0.1) is 10.1 Å². The molecule has 1 N–H and O–H groups in total. The second-order valence-electron chi connectivity index (χ2n) is 2.62. The third-order valence-corrected chi connectivity index (χ3v) is 2.70. The highest BCUT2D eigenvalue weighted by molar-refractivity contribution is 8.03. The molecule has 0 unspecified atom stereocenters. The van der Waals surface area contributed by atoms with Crippen LogP contribution < -0.4 is 5.32 Å². The number of ketones is 1. The Balaban J connectivity index is 2.93. The highest BCUT2D eigenvalue weighted by Gasteiger charge is 2.25. The van der Waals surface area contributed by atoms with Crippen molar-refractivity contribution in [1.82, 2.24) is 5.32 Å². The summed E-state index contributed by atoms with van der Waals surface area (Å²) in [7, 11) is 0. The number of nitro groups is 1. The Labute approximate surface area is 79.7 Å². The van der Waals surface area contributed by atoms with E-state index in [0.717, 1.165) is 12.2 Å². The van der Waals surface area contributed by atoms with Gasteiger partial charge >= 0.3 is 5.70 Å². The standard InChI is InChI=1S/C7H10N2O3S/c1-5(10)6(9(11)12)7-8-3-2-4-13-7/h8H,2-4H2,1H3/b7-6+. The molecule has 1 heterocycles. The van der Waals surface area contributed by atoms with E-state index in [0.29, 0.717) is 11.6 Å². The van der Waals surface area contributed by atoms with Crippen LogP contribution >= 0.6 is 11.8 Å². The van der Waals surface area contributed by atoms with E-state index in [1.807, 2.05) is 0 Å². The van der Waals surface area contributed by atoms with Crippen molar-refractivity contribution in [2.24, 2.45) is 0 Å². The Morgan fingerprint density at radius 2 is 2.38 bits per heavy atom. The van der Waals surface area contributed by atoms with E-state index in [1.165, 1.54) is 18.7 Å². The molecule has 1 fully saturated rings. The SMILES string of the molecule is CC(=O)/C(=C1/NCCCS1)[N+](=O)[O-]. The molecule has 1 saturated heterocycles. The fraction of sp³-hybridized carbons (Fsp3) is 0.571. The molecule has 5 nitrogen and oxygen atoms in total. The van der Waals surface area contributed by atoms with Crippen molar-refractivity contribution in [3.8, 4) is 0 Å². The third kappa shape index (κ3) is 2.45. The molecule has 6 heteroatoms. The van der Waals surface area contributed by atoms with E-state index in [9.17, 15) is 14.9 Å². The van der Waals surface area contributed by atoms with Gasteiger partial charge in [-0.15, -0.1) is 11.8 Å². The van der Waals surface area contributed by atoms with Gasteiger partial charge in [0.1, 0.15) is 0 Å². The molecule has 0 aromatic rings. The summed E-state index contributed by atoms with van der Waals surface area (Å²) in [6.07, 6.45) is 0.969. The summed E-state index contributed by atoms with van der Waals surface area (Å²) in [4.78, 5) is 20.8. The number of Topliss-reactive ketones (excluding diaryl/α,β-unsaturated/α-hetero) is 1. The first kappa shape index (κ1) is 10.0. The monoisotopic (exact) mass is 202 g/mol. The van der Waals surface area contributed by atoms with Gasteiger partial charge < -0.3 is 5.32 Å². The minimum Gasteiger partial charge on any atom is -0.374 e. The number of nitrogens with one attached hydrogen (secondary N) is 1. The fourth-order valence-electron chi connectivity index (χ4n) is 1.02. The number of rotatable bonds is 2. The van der Waals surface area contributed by atoms with Gasteiger partial charge in [0.15, 0.2) is 5.03 Å². The molecule has 0 spiro atoms. The zero-order chi connectivity index (χ0) is 9.84. The molecule has 72 valence electrons. The van der Waals surface area contributed by atoms with Crippen LogP contribution in [-0.2, 0) is 4.79 Å². The van der Waals surface area contributed by atoms with Crippen LogP contribution in [-0.4, -0.2) is 23.0 Å².